The Balaban J connectivity index is 1.47. The average Bonchev–Trinajstić information content (AvgIpc) is 2.37. The van der Waals surface area contributed by atoms with E-state index in [0.717, 1.165) is 32.7 Å². The van der Waals surface area contributed by atoms with E-state index < -0.39 is 0 Å². The lowest BCUT2D eigenvalue weighted by molar-refractivity contribution is 0.00564. The van der Waals surface area contributed by atoms with Crippen LogP contribution in [0.3, 0.4) is 0 Å². The lowest BCUT2D eigenvalue weighted by atomic mass is 10.1. The smallest absolute Gasteiger partial charge is 0.0699 e. The maximum atomic E-state index is 5.70. The third-order valence-electron chi connectivity index (χ3n) is 3.56. The zero-order chi connectivity index (χ0) is 11.1. The standard InChI is InChI=1S/C13H25NO2/c1-3-9-15-12(5-1)7-8-14-11-13-6-2-4-10-16-13/h12-14H,1-11H2. The van der Waals surface area contributed by atoms with Crippen LogP contribution in [0.25, 0.3) is 0 Å². The second kappa shape index (κ2) is 7.25. The molecule has 0 spiro atoms. The summed E-state index contributed by atoms with van der Waals surface area (Å²) >= 11 is 0. The second-order valence-electron chi connectivity index (χ2n) is 4.97. The normalized spacial score (nSPS) is 31.5. The van der Waals surface area contributed by atoms with Gasteiger partial charge in [0.2, 0.25) is 0 Å². The molecule has 2 atom stereocenters. The molecule has 2 aliphatic rings. The average molecular weight is 227 g/mol. The first-order valence-corrected chi connectivity index (χ1v) is 6.89. The van der Waals surface area contributed by atoms with Gasteiger partial charge in [0.15, 0.2) is 0 Å². The predicted molar refractivity (Wildman–Crippen MR) is 64.7 cm³/mol. The van der Waals surface area contributed by atoms with Gasteiger partial charge in [-0.1, -0.05) is 0 Å². The van der Waals surface area contributed by atoms with Gasteiger partial charge in [-0.2, -0.15) is 0 Å². The van der Waals surface area contributed by atoms with E-state index in [1.165, 1.54) is 38.5 Å². The summed E-state index contributed by atoms with van der Waals surface area (Å²) in [5.41, 5.74) is 0. The van der Waals surface area contributed by atoms with Crippen molar-refractivity contribution in [2.24, 2.45) is 0 Å². The van der Waals surface area contributed by atoms with Crippen molar-refractivity contribution in [3.8, 4) is 0 Å². The number of nitrogens with one attached hydrogen (secondary N) is 1. The third-order valence-corrected chi connectivity index (χ3v) is 3.56. The molecule has 3 nitrogen and oxygen atoms in total. The fourth-order valence-corrected chi connectivity index (χ4v) is 2.53. The zero-order valence-electron chi connectivity index (χ0n) is 10.2. The summed E-state index contributed by atoms with van der Waals surface area (Å²) in [5.74, 6) is 0. The largest absolute Gasteiger partial charge is 0.378 e. The summed E-state index contributed by atoms with van der Waals surface area (Å²) in [6.45, 7) is 4.02. The lowest BCUT2D eigenvalue weighted by Crippen LogP contribution is -2.34. The van der Waals surface area contributed by atoms with E-state index in [9.17, 15) is 0 Å². The molecule has 1 N–H and O–H groups in total. The Bertz CT molecular complexity index is 155. The minimum atomic E-state index is 0.459. The minimum Gasteiger partial charge on any atom is -0.378 e. The molecule has 3 heteroatoms. The van der Waals surface area contributed by atoms with Crippen LogP contribution in [0.15, 0.2) is 0 Å². The first-order chi connectivity index (χ1) is 7.95. The van der Waals surface area contributed by atoms with Crippen molar-refractivity contribution in [2.45, 2.75) is 57.2 Å². The highest BCUT2D eigenvalue weighted by Gasteiger charge is 2.15. The second-order valence-corrected chi connectivity index (χ2v) is 4.97. The number of hydrogen-bond acceptors (Lipinski definition) is 3. The molecule has 94 valence electrons. The summed E-state index contributed by atoms with van der Waals surface area (Å²) in [7, 11) is 0. The van der Waals surface area contributed by atoms with E-state index in [2.05, 4.69) is 5.32 Å². The maximum Gasteiger partial charge on any atom is 0.0699 e. The highest BCUT2D eigenvalue weighted by atomic mass is 16.5. The van der Waals surface area contributed by atoms with Crippen LogP contribution in [0.1, 0.15) is 44.9 Å². The summed E-state index contributed by atoms with van der Waals surface area (Å²) in [6, 6.07) is 0. The minimum absolute atomic E-state index is 0.459. The molecular weight excluding hydrogens is 202 g/mol. The zero-order valence-corrected chi connectivity index (χ0v) is 10.2. The van der Waals surface area contributed by atoms with Gasteiger partial charge in [0.05, 0.1) is 12.2 Å². The molecule has 2 unspecified atom stereocenters. The number of ether oxygens (including phenoxy) is 2. The molecule has 0 aromatic rings. The molecule has 2 rings (SSSR count). The van der Waals surface area contributed by atoms with Gasteiger partial charge in [0, 0.05) is 19.8 Å². The number of rotatable bonds is 5. The monoisotopic (exact) mass is 227 g/mol. The van der Waals surface area contributed by atoms with E-state index in [1.54, 1.807) is 0 Å². The maximum absolute atomic E-state index is 5.70. The van der Waals surface area contributed by atoms with Crippen molar-refractivity contribution >= 4 is 0 Å². The van der Waals surface area contributed by atoms with Crippen LogP contribution in [0, 0.1) is 0 Å². The van der Waals surface area contributed by atoms with Gasteiger partial charge in [-0.15, -0.1) is 0 Å². The molecule has 16 heavy (non-hydrogen) atoms. The summed E-state index contributed by atoms with van der Waals surface area (Å²) < 4.78 is 11.4. The molecule has 2 aliphatic heterocycles. The molecule has 2 heterocycles. The Morgan fingerprint density at radius 3 is 2.19 bits per heavy atom. The molecule has 0 radical (unpaired) electrons. The Kier molecular flexibility index (Phi) is 5.59. The fraction of sp³-hybridized carbons (Fsp3) is 1.00. The summed E-state index contributed by atoms with van der Waals surface area (Å²) in [6.07, 6.45) is 9.77. The molecule has 0 aromatic carbocycles. The quantitative estimate of drug-likeness (QED) is 0.730. The Labute approximate surface area is 98.9 Å². The van der Waals surface area contributed by atoms with E-state index in [-0.39, 0.29) is 0 Å². The van der Waals surface area contributed by atoms with E-state index >= 15 is 0 Å². The molecular formula is C13H25NO2. The SMILES string of the molecule is C1CCC(CCNCC2CCCCO2)OC1. The molecule has 0 amide bonds. The van der Waals surface area contributed by atoms with Crippen molar-refractivity contribution in [3.63, 3.8) is 0 Å². The molecule has 0 saturated carbocycles. The predicted octanol–water partition coefficient (Wildman–Crippen LogP) is 2.10. The van der Waals surface area contributed by atoms with Crippen molar-refractivity contribution < 1.29 is 9.47 Å². The van der Waals surface area contributed by atoms with E-state index in [0.29, 0.717) is 12.2 Å². The third kappa shape index (κ3) is 4.40. The lowest BCUT2D eigenvalue weighted by Gasteiger charge is -2.25. The fourth-order valence-electron chi connectivity index (χ4n) is 2.53. The van der Waals surface area contributed by atoms with E-state index in [1.807, 2.05) is 0 Å². The molecule has 0 aromatic heterocycles. The molecule has 2 saturated heterocycles. The first-order valence-electron chi connectivity index (χ1n) is 6.89. The van der Waals surface area contributed by atoms with Crippen LogP contribution < -0.4 is 5.32 Å². The number of hydrogen-bond donors (Lipinski definition) is 1. The summed E-state index contributed by atoms with van der Waals surface area (Å²) in [4.78, 5) is 0. The molecule has 0 aliphatic carbocycles. The van der Waals surface area contributed by atoms with Crippen molar-refractivity contribution in [2.75, 3.05) is 26.3 Å². The van der Waals surface area contributed by atoms with Crippen LogP contribution in [0.5, 0.6) is 0 Å². The van der Waals surface area contributed by atoms with Gasteiger partial charge in [-0.05, 0) is 51.5 Å². The van der Waals surface area contributed by atoms with Gasteiger partial charge in [-0.3, -0.25) is 0 Å². The van der Waals surface area contributed by atoms with Gasteiger partial charge in [0.25, 0.3) is 0 Å². The first kappa shape index (κ1) is 12.3. The molecule has 2 fully saturated rings. The van der Waals surface area contributed by atoms with Gasteiger partial charge in [0.1, 0.15) is 0 Å². The van der Waals surface area contributed by atoms with Crippen LogP contribution in [-0.2, 0) is 9.47 Å². The highest BCUT2D eigenvalue weighted by molar-refractivity contribution is 4.69. The van der Waals surface area contributed by atoms with Crippen molar-refractivity contribution in [1.82, 2.24) is 5.32 Å². The Morgan fingerprint density at radius 1 is 0.875 bits per heavy atom. The molecule has 0 bridgehead atoms. The Hall–Kier alpha value is -0.120. The van der Waals surface area contributed by atoms with Crippen LogP contribution in [-0.4, -0.2) is 38.5 Å². The van der Waals surface area contributed by atoms with E-state index in [4.69, 9.17) is 9.47 Å². The van der Waals surface area contributed by atoms with Crippen molar-refractivity contribution in [3.05, 3.63) is 0 Å². The summed E-state index contributed by atoms with van der Waals surface area (Å²) in [5, 5.41) is 3.50. The van der Waals surface area contributed by atoms with Crippen LogP contribution in [0.4, 0.5) is 0 Å². The van der Waals surface area contributed by atoms with Crippen LogP contribution in [0.2, 0.25) is 0 Å². The topological polar surface area (TPSA) is 30.5 Å². The van der Waals surface area contributed by atoms with Gasteiger partial charge >= 0.3 is 0 Å². The van der Waals surface area contributed by atoms with Gasteiger partial charge in [-0.25, -0.2) is 0 Å². The highest BCUT2D eigenvalue weighted by Crippen LogP contribution is 2.15. The van der Waals surface area contributed by atoms with Gasteiger partial charge < -0.3 is 14.8 Å². The van der Waals surface area contributed by atoms with Crippen molar-refractivity contribution in [1.29, 1.82) is 0 Å². The Morgan fingerprint density at radius 2 is 1.56 bits per heavy atom. The van der Waals surface area contributed by atoms with Crippen LogP contribution >= 0.6 is 0 Å².